The van der Waals surface area contributed by atoms with Gasteiger partial charge in [-0.15, -0.1) is 0 Å². The average Bonchev–Trinajstić information content (AvgIpc) is 3.18. The molecule has 0 spiro atoms. The number of aryl methyl sites for hydroxylation is 1. The van der Waals surface area contributed by atoms with Crippen molar-refractivity contribution in [2.45, 2.75) is 31.7 Å². The van der Waals surface area contributed by atoms with E-state index in [-0.39, 0.29) is 11.9 Å². The first-order valence-corrected chi connectivity index (χ1v) is 7.90. The molecule has 2 aromatic heterocycles. The van der Waals surface area contributed by atoms with Gasteiger partial charge in [-0.3, -0.25) is 4.79 Å². The minimum absolute atomic E-state index is 0.251. The molecule has 0 radical (unpaired) electrons. The molecule has 3 rings (SSSR count). The highest BCUT2D eigenvalue weighted by Gasteiger charge is 2.24. The number of rotatable bonds is 4. The molecule has 3 heterocycles. The number of nitrogens with zero attached hydrogens (tertiary/aromatic N) is 4. The summed E-state index contributed by atoms with van der Waals surface area (Å²) in [5.74, 6) is 0.251. The van der Waals surface area contributed by atoms with Crippen LogP contribution in [0.2, 0.25) is 0 Å². The number of aromatic nitrogens is 3. The van der Waals surface area contributed by atoms with Crippen molar-refractivity contribution < 1.29 is 4.79 Å². The molecule has 2 aromatic rings. The Morgan fingerprint density at radius 3 is 3.20 bits per heavy atom. The van der Waals surface area contributed by atoms with Gasteiger partial charge in [-0.05, 0) is 41.7 Å². The lowest BCUT2D eigenvalue weighted by Crippen LogP contribution is -2.40. The highest BCUT2D eigenvalue weighted by atomic mass is 32.1. The van der Waals surface area contributed by atoms with Crippen LogP contribution in [0.4, 0.5) is 0 Å². The van der Waals surface area contributed by atoms with E-state index in [1.54, 1.807) is 24.0 Å². The minimum atomic E-state index is 0.251. The number of amides is 1. The summed E-state index contributed by atoms with van der Waals surface area (Å²) < 4.78 is 1.87. The van der Waals surface area contributed by atoms with Gasteiger partial charge in [0, 0.05) is 19.5 Å². The Balaban J connectivity index is 1.55. The molecule has 0 aromatic carbocycles. The van der Waals surface area contributed by atoms with E-state index in [1.807, 2.05) is 9.58 Å². The van der Waals surface area contributed by atoms with Crippen LogP contribution in [0.15, 0.2) is 29.5 Å². The third kappa shape index (κ3) is 3.07. The van der Waals surface area contributed by atoms with Crippen molar-refractivity contribution in [2.24, 2.45) is 0 Å². The van der Waals surface area contributed by atoms with E-state index in [2.05, 4.69) is 26.9 Å². The second-order valence-electron chi connectivity index (χ2n) is 5.14. The number of piperidine rings is 1. The largest absolute Gasteiger partial charge is 0.341 e. The molecule has 1 aliphatic heterocycles. The van der Waals surface area contributed by atoms with Gasteiger partial charge >= 0.3 is 0 Å². The predicted octanol–water partition coefficient (Wildman–Crippen LogP) is 2.14. The molecule has 0 bridgehead atoms. The Bertz CT molecular complexity index is 538. The monoisotopic (exact) mass is 290 g/mol. The van der Waals surface area contributed by atoms with Crippen molar-refractivity contribution >= 4 is 17.2 Å². The Morgan fingerprint density at radius 2 is 2.45 bits per heavy atom. The summed E-state index contributed by atoms with van der Waals surface area (Å²) in [5, 5.41) is 8.36. The van der Waals surface area contributed by atoms with Crippen LogP contribution in [-0.4, -0.2) is 38.7 Å². The van der Waals surface area contributed by atoms with Gasteiger partial charge in [-0.25, -0.2) is 9.67 Å². The summed E-state index contributed by atoms with van der Waals surface area (Å²) in [4.78, 5) is 18.3. The van der Waals surface area contributed by atoms with E-state index in [0.29, 0.717) is 6.42 Å². The fraction of sp³-hybridized carbons (Fsp3) is 0.500. The topological polar surface area (TPSA) is 51.0 Å². The zero-order chi connectivity index (χ0) is 13.8. The van der Waals surface area contributed by atoms with Crippen molar-refractivity contribution in [1.82, 2.24) is 19.7 Å². The first-order valence-electron chi connectivity index (χ1n) is 6.96. The second-order valence-corrected chi connectivity index (χ2v) is 5.92. The van der Waals surface area contributed by atoms with Crippen LogP contribution in [0.1, 0.15) is 30.9 Å². The molecule has 5 nitrogen and oxygen atoms in total. The lowest BCUT2D eigenvalue weighted by atomic mass is 10.0. The van der Waals surface area contributed by atoms with Gasteiger partial charge in [0.05, 0.1) is 6.04 Å². The molecule has 1 aliphatic rings. The number of hydrogen-bond acceptors (Lipinski definition) is 4. The summed E-state index contributed by atoms with van der Waals surface area (Å²) >= 11 is 1.68. The number of carbonyl (C=O) groups is 1. The zero-order valence-corrected chi connectivity index (χ0v) is 12.1. The van der Waals surface area contributed by atoms with Crippen LogP contribution in [0.25, 0.3) is 0 Å². The van der Waals surface area contributed by atoms with E-state index in [1.165, 1.54) is 5.56 Å². The Labute approximate surface area is 122 Å². The van der Waals surface area contributed by atoms with E-state index >= 15 is 0 Å². The molecule has 1 fully saturated rings. The van der Waals surface area contributed by atoms with Crippen LogP contribution in [0, 0.1) is 0 Å². The molecule has 1 saturated heterocycles. The third-order valence-corrected chi connectivity index (χ3v) is 4.50. The van der Waals surface area contributed by atoms with Crippen molar-refractivity contribution in [2.75, 3.05) is 13.1 Å². The number of hydrogen-bond donors (Lipinski definition) is 0. The average molecular weight is 290 g/mol. The second kappa shape index (κ2) is 6.17. The summed E-state index contributed by atoms with van der Waals surface area (Å²) in [7, 11) is 0. The SMILES string of the molecule is O=C(CCc1ccsc1)N1CCC[C@@H](n2cncn2)C1. The van der Waals surface area contributed by atoms with Gasteiger partial charge in [0.1, 0.15) is 12.7 Å². The minimum Gasteiger partial charge on any atom is -0.341 e. The van der Waals surface area contributed by atoms with Crippen LogP contribution < -0.4 is 0 Å². The van der Waals surface area contributed by atoms with Crippen molar-refractivity contribution in [3.63, 3.8) is 0 Å². The lowest BCUT2D eigenvalue weighted by Gasteiger charge is -2.32. The number of thiophene rings is 1. The highest BCUT2D eigenvalue weighted by Crippen LogP contribution is 2.21. The quantitative estimate of drug-likeness (QED) is 0.867. The Morgan fingerprint density at radius 1 is 1.50 bits per heavy atom. The van der Waals surface area contributed by atoms with Gasteiger partial charge in [-0.2, -0.15) is 16.4 Å². The van der Waals surface area contributed by atoms with Crippen molar-refractivity contribution in [1.29, 1.82) is 0 Å². The van der Waals surface area contributed by atoms with Gasteiger partial charge < -0.3 is 4.90 Å². The molecule has 0 saturated carbocycles. The first kappa shape index (κ1) is 13.3. The molecular formula is C14H18N4OS. The predicted molar refractivity (Wildman–Crippen MR) is 77.5 cm³/mol. The standard InChI is InChI=1S/C14H18N4OS/c19-14(4-3-12-5-7-20-9-12)17-6-1-2-13(8-17)18-11-15-10-16-18/h5,7,9-11,13H,1-4,6,8H2/t13-/m1/s1. The van der Waals surface area contributed by atoms with E-state index in [9.17, 15) is 4.79 Å². The summed E-state index contributed by atoms with van der Waals surface area (Å²) in [5.41, 5.74) is 1.26. The van der Waals surface area contributed by atoms with Gasteiger partial charge in [-0.1, -0.05) is 0 Å². The van der Waals surface area contributed by atoms with Gasteiger partial charge in [0.15, 0.2) is 0 Å². The molecule has 20 heavy (non-hydrogen) atoms. The summed E-state index contributed by atoms with van der Waals surface area (Å²) in [6.07, 6.45) is 6.83. The molecule has 0 aliphatic carbocycles. The fourth-order valence-electron chi connectivity index (χ4n) is 2.65. The number of likely N-dealkylation sites (tertiary alicyclic amines) is 1. The fourth-order valence-corrected chi connectivity index (χ4v) is 3.35. The molecule has 0 N–H and O–H groups in total. The maximum Gasteiger partial charge on any atom is 0.222 e. The maximum atomic E-state index is 12.3. The van der Waals surface area contributed by atoms with Gasteiger partial charge in [0.2, 0.25) is 5.91 Å². The van der Waals surface area contributed by atoms with Crippen LogP contribution in [-0.2, 0) is 11.2 Å². The Hall–Kier alpha value is -1.69. The molecule has 1 atom stereocenters. The first-order chi connectivity index (χ1) is 9.83. The van der Waals surface area contributed by atoms with E-state index in [4.69, 9.17) is 0 Å². The molecule has 6 heteroatoms. The van der Waals surface area contributed by atoms with E-state index in [0.717, 1.165) is 32.4 Å². The lowest BCUT2D eigenvalue weighted by molar-refractivity contribution is -0.132. The smallest absolute Gasteiger partial charge is 0.222 e. The summed E-state index contributed by atoms with van der Waals surface area (Å²) in [6, 6.07) is 2.36. The van der Waals surface area contributed by atoms with Crippen LogP contribution >= 0.6 is 11.3 Å². The third-order valence-electron chi connectivity index (χ3n) is 3.77. The van der Waals surface area contributed by atoms with Gasteiger partial charge in [0.25, 0.3) is 0 Å². The van der Waals surface area contributed by atoms with E-state index < -0.39 is 0 Å². The molecule has 1 amide bonds. The molecular weight excluding hydrogens is 272 g/mol. The zero-order valence-electron chi connectivity index (χ0n) is 11.3. The highest BCUT2D eigenvalue weighted by molar-refractivity contribution is 7.07. The summed E-state index contributed by atoms with van der Waals surface area (Å²) in [6.45, 7) is 1.62. The molecule has 106 valence electrons. The number of carbonyl (C=O) groups excluding carboxylic acids is 1. The van der Waals surface area contributed by atoms with Crippen LogP contribution in [0.5, 0.6) is 0 Å². The normalized spacial score (nSPS) is 19.2. The van der Waals surface area contributed by atoms with Crippen LogP contribution in [0.3, 0.4) is 0 Å². The van der Waals surface area contributed by atoms with Crippen molar-refractivity contribution in [3.05, 3.63) is 35.0 Å². The maximum absolute atomic E-state index is 12.3. The molecule has 0 unspecified atom stereocenters. The Kier molecular flexibility index (Phi) is 4.11. The van der Waals surface area contributed by atoms with Crippen molar-refractivity contribution in [3.8, 4) is 0 Å².